The van der Waals surface area contributed by atoms with Gasteiger partial charge >= 0.3 is 6.36 Å². The first kappa shape index (κ1) is 15.2. The van der Waals surface area contributed by atoms with Gasteiger partial charge in [0.25, 0.3) is 0 Å². The predicted molar refractivity (Wildman–Crippen MR) is 68.8 cm³/mol. The van der Waals surface area contributed by atoms with Gasteiger partial charge in [-0.3, -0.25) is 0 Å². The van der Waals surface area contributed by atoms with Crippen LogP contribution in [0.4, 0.5) is 13.2 Å². The number of halogens is 3. The lowest BCUT2D eigenvalue weighted by molar-refractivity contribution is -0.274. The molecule has 7 heteroatoms. The second-order valence-electron chi connectivity index (χ2n) is 4.31. The minimum Gasteiger partial charge on any atom is -0.489 e. The zero-order valence-electron chi connectivity index (χ0n) is 11.2. The summed E-state index contributed by atoms with van der Waals surface area (Å²) >= 11 is 0. The normalized spacial score (nSPS) is 11.5. The number of rotatable bonds is 5. The number of hydrogen-bond acceptors (Lipinski definition) is 4. The first-order valence-electron chi connectivity index (χ1n) is 6.14. The molecule has 0 radical (unpaired) electrons. The third kappa shape index (κ3) is 4.42. The second-order valence-corrected chi connectivity index (χ2v) is 4.31. The van der Waals surface area contributed by atoms with Crippen LogP contribution >= 0.6 is 0 Å². The summed E-state index contributed by atoms with van der Waals surface area (Å²) < 4.78 is 50.7. The van der Waals surface area contributed by atoms with Gasteiger partial charge in [0.05, 0.1) is 6.54 Å². The molecule has 0 aliphatic rings. The SMILES string of the molecule is Cc1oc(CN)cc1COc1ccc(OC(F)(F)F)cc1. The Kier molecular flexibility index (Phi) is 4.42. The van der Waals surface area contributed by atoms with Crippen LogP contribution in [0.2, 0.25) is 0 Å². The monoisotopic (exact) mass is 301 g/mol. The average molecular weight is 301 g/mol. The quantitative estimate of drug-likeness (QED) is 0.918. The number of furan rings is 1. The highest BCUT2D eigenvalue weighted by molar-refractivity contribution is 5.32. The Morgan fingerprint density at radius 1 is 1.14 bits per heavy atom. The van der Waals surface area contributed by atoms with Gasteiger partial charge < -0.3 is 19.6 Å². The van der Waals surface area contributed by atoms with Gasteiger partial charge in [0, 0.05) is 5.56 Å². The second kappa shape index (κ2) is 6.09. The largest absolute Gasteiger partial charge is 0.573 e. The number of benzene rings is 1. The Balaban J connectivity index is 1.95. The molecule has 1 aromatic carbocycles. The van der Waals surface area contributed by atoms with E-state index in [1.54, 1.807) is 13.0 Å². The van der Waals surface area contributed by atoms with Crippen LogP contribution in [0.3, 0.4) is 0 Å². The third-order valence-corrected chi connectivity index (χ3v) is 2.72. The van der Waals surface area contributed by atoms with Crippen molar-refractivity contribution in [3.8, 4) is 11.5 Å². The summed E-state index contributed by atoms with van der Waals surface area (Å²) in [5.41, 5.74) is 6.30. The highest BCUT2D eigenvalue weighted by Crippen LogP contribution is 2.25. The van der Waals surface area contributed by atoms with Crippen LogP contribution in [0.1, 0.15) is 17.1 Å². The summed E-state index contributed by atoms with van der Waals surface area (Å²) in [5, 5.41) is 0. The molecule has 1 heterocycles. The average Bonchev–Trinajstić information content (AvgIpc) is 2.77. The van der Waals surface area contributed by atoms with Crippen molar-refractivity contribution in [2.24, 2.45) is 5.73 Å². The number of ether oxygens (including phenoxy) is 2. The molecule has 0 aliphatic carbocycles. The number of hydrogen-bond donors (Lipinski definition) is 1. The summed E-state index contributed by atoms with van der Waals surface area (Å²) in [6.07, 6.45) is -4.70. The first-order chi connectivity index (χ1) is 9.87. The van der Waals surface area contributed by atoms with Gasteiger partial charge in [-0.05, 0) is 37.3 Å². The maximum absolute atomic E-state index is 12.0. The molecule has 0 atom stereocenters. The van der Waals surface area contributed by atoms with E-state index >= 15 is 0 Å². The van der Waals surface area contributed by atoms with Crippen LogP contribution in [-0.2, 0) is 13.2 Å². The minimum atomic E-state index is -4.70. The first-order valence-corrected chi connectivity index (χ1v) is 6.14. The van der Waals surface area contributed by atoms with Crippen molar-refractivity contribution in [3.05, 3.63) is 47.4 Å². The predicted octanol–water partition coefficient (Wildman–Crippen LogP) is 3.52. The highest BCUT2D eigenvalue weighted by Gasteiger charge is 2.30. The van der Waals surface area contributed by atoms with E-state index in [-0.39, 0.29) is 12.4 Å². The Hall–Kier alpha value is -2.15. The number of aryl methyl sites for hydroxylation is 1. The van der Waals surface area contributed by atoms with E-state index < -0.39 is 6.36 Å². The fourth-order valence-electron chi connectivity index (χ4n) is 1.73. The summed E-state index contributed by atoms with van der Waals surface area (Å²) in [6, 6.07) is 6.98. The Morgan fingerprint density at radius 3 is 2.29 bits per heavy atom. The standard InChI is InChI=1S/C14H14F3NO3/c1-9-10(6-13(7-18)20-9)8-19-11-2-4-12(5-3-11)21-14(15,16)17/h2-6H,7-8,18H2,1H3. The third-order valence-electron chi connectivity index (χ3n) is 2.72. The summed E-state index contributed by atoms with van der Waals surface area (Å²) in [4.78, 5) is 0. The molecule has 0 saturated carbocycles. The smallest absolute Gasteiger partial charge is 0.489 e. The highest BCUT2D eigenvalue weighted by atomic mass is 19.4. The van der Waals surface area contributed by atoms with E-state index in [0.29, 0.717) is 23.8 Å². The Morgan fingerprint density at radius 2 is 1.76 bits per heavy atom. The molecule has 1 aromatic heterocycles. The van der Waals surface area contributed by atoms with Crippen LogP contribution in [0.5, 0.6) is 11.5 Å². The van der Waals surface area contributed by atoms with Gasteiger partial charge in [-0.1, -0.05) is 0 Å². The molecule has 2 N–H and O–H groups in total. The Labute approximate surface area is 119 Å². The van der Waals surface area contributed by atoms with Crippen molar-refractivity contribution in [2.75, 3.05) is 0 Å². The summed E-state index contributed by atoms with van der Waals surface area (Å²) in [5.74, 6) is 1.49. The van der Waals surface area contributed by atoms with E-state index in [2.05, 4.69) is 4.74 Å². The number of alkyl halides is 3. The maximum atomic E-state index is 12.0. The molecule has 0 aliphatic heterocycles. The van der Waals surface area contributed by atoms with Gasteiger partial charge in [0.2, 0.25) is 0 Å². The van der Waals surface area contributed by atoms with E-state index in [9.17, 15) is 13.2 Å². The van der Waals surface area contributed by atoms with Crippen molar-refractivity contribution >= 4 is 0 Å². The van der Waals surface area contributed by atoms with E-state index in [1.807, 2.05) is 0 Å². The van der Waals surface area contributed by atoms with Gasteiger partial charge in [-0.2, -0.15) is 0 Å². The summed E-state index contributed by atoms with van der Waals surface area (Å²) in [6.45, 7) is 2.33. The lowest BCUT2D eigenvalue weighted by atomic mass is 10.2. The molecule has 2 rings (SSSR count). The van der Waals surface area contributed by atoms with Gasteiger partial charge in [0.1, 0.15) is 29.6 Å². The van der Waals surface area contributed by atoms with Crippen molar-refractivity contribution in [1.29, 1.82) is 0 Å². The lowest BCUT2D eigenvalue weighted by Gasteiger charge is -2.10. The van der Waals surface area contributed by atoms with Crippen molar-refractivity contribution in [2.45, 2.75) is 26.4 Å². The maximum Gasteiger partial charge on any atom is 0.573 e. The molecular weight excluding hydrogens is 287 g/mol. The molecule has 0 fully saturated rings. The molecular formula is C14H14F3NO3. The van der Waals surface area contributed by atoms with Crippen LogP contribution < -0.4 is 15.2 Å². The van der Waals surface area contributed by atoms with E-state index in [1.165, 1.54) is 24.3 Å². The zero-order chi connectivity index (χ0) is 15.5. The van der Waals surface area contributed by atoms with Crippen molar-refractivity contribution in [3.63, 3.8) is 0 Å². The summed E-state index contributed by atoms with van der Waals surface area (Å²) in [7, 11) is 0. The van der Waals surface area contributed by atoms with Crippen molar-refractivity contribution in [1.82, 2.24) is 0 Å². The minimum absolute atomic E-state index is 0.245. The fourth-order valence-corrected chi connectivity index (χ4v) is 1.73. The topological polar surface area (TPSA) is 57.6 Å². The van der Waals surface area contributed by atoms with Crippen LogP contribution in [0.25, 0.3) is 0 Å². The molecule has 0 bridgehead atoms. The molecule has 2 aromatic rings. The van der Waals surface area contributed by atoms with Crippen LogP contribution in [0.15, 0.2) is 34.7 Å². The van der Waals surface area contributed by atoms with E-state index in [4.69, 9.17) is 14.9 Å². The lowest BCUT2D eigenvalue weighted by Crippen LogP contribution is -2.16. The molecule has 21 heavy (non-hydrogen) atoms. The fraction of sp³-hybridized carbons (Fsp3) is 0.286. The molecule has 114 valence electrons. The van der Waals surface area contributed by atoms with Crippen LogP contribution in [0, 0.1) is 6.92 Å². The molecule has 0 saturated heterocycles. The zero-order valence-corrected chi connectivity index (χ0v) is 11.2. The Bertz CT molecular complexity index is 591. The molecule has 0 unspecified atom stereocenters. The molecule has 4 nitrogen and oxygen atoms in total. The number of nitrogens with two attached hydrogens (primary N) is 1. The molecule has 0 amide bonds. The molecule has 0 spiro atoms. The van der Waals surface area contributed by atoms with E-state index in [0.717, 1.165) is 5.56 Å². The van der Waals surface area contributed by atoms with Crippen LogP contribution in [-0.4, -0.2) is 6.36 Å². The van der Waals surface area contributed by atoms with Gasteiger partial charge in [0.15, 0.2) is 0 Å². The van der Waals surface area contributed by atoms with Crippen molar-refractivity contribution < 1.29 is 27.1 Å². The van der Waals surface area contributed by atoms with Gasteiger partial charge in [-0.15, -0.1) is 13.2 Å². The van der Waals surface area contributed by atoms with Gasteiger partial charge in [-0.25, -0.2) is 0 Å².